The Hall–Kier alpha value is -1.79. The van der Waals surface area contributed by atoms with E-state index in [2.05, 4.69) is 18.6 Å². The fraction of sp³-hybridized carbons (Fsp3) is 0.333. The van der Waals surface area contributed by atoms with Gasteiger partial charge in [-0.15, -0.1) is 0 Å². The number of furan rings is 1. The van der Waals surface area contributed by atoms with Crippen LogP contribution in [0.1, 0.15) is 36.8 Å². The number of sulfonamides is 1. The van der Waals surface area contributed by atoms with Crippen molar-refractivity contribution in [2.75, 3.05) is 4.72 Å². The zero-order valence-corrected chi connectivity index (χ0v) is 13.1. The van der Waals surface area contributed by atoms with Crippen molar-refractivity contribution in [3.8, 4) is 0 Å². The maximum Gasteiger partial charge on any atom is 0.265 e. The molecule has 0 saturated heterocycles. The first kappa shape index (κ1) is 15.6. The molecule has 5 nitrogen and oxygen atoms in total. The average molecular weight is 309 g/mol. The maximum absolute atomic E-state index is 12.3. The van der Waals surface area contributed by atoms with Crippen molar-refractivity contribution in [3.63, 3.8) is 0 Å². The van der Waals surface area contributed by atoms with Gasteiger partial charge < -0.3 is 9.52 Å². The standard InChI is InChI=1S/C15H19NO4S/c1-10(2)12-4-6-13(7-5-12)16-21(18,19)15-8-14(9-17)20-11(15)3/h4-8,10,16-17H,9H2,1-3H3. The summed E-state index contributed by atoms with van der Waals surface area (Å²) in [4.78, 5) is 0.0412. The number of benzene rings is 1. The van der Waals surface area contributed by atoms with Crippen molar-refractivity contribution < 1.29 is 17.9 Å². The van der Waals surface area contributed by atoms with Crippen LogP contribution in [-0.4, -0.2) is 13.5 Å². The lowest BCUT2D eigenvalue weighted by Crippen LogP contribution is -2.13. The normalized spacial score (nSPS) is 11.9. The Morgan fingerprint density at radius 3 is 2.33 bits per heavy atom. The van der Waals surface area contributed by atoms with Gasteiger partial charge >= 0.3 is 0 Å². The largest absolute Gasteiger partial charge is 0.462 e. The minimum Gasteiger partial charge on any atom is -0.462 e. The van der Waals surface area contributed by atoms with Gasteiger partial charge in [0.25, 0.3) is 10.0 Å². The molecule has 0 atom stereocenters. The van der Waals surface area contributed by atoms with Gasteiger partial charge in [-0.1, -0.05) is 26.0 Å². The van der Waals surface area contributed by atoms with E-state index in [1.54, 1.807) is 19.1 Å². The Labute approximate surface area is 124 Å². The Kier molecular flexibility index (Phi) is 4.39. The van der Waals surface area contributed by atoms with Crippen molar-refractivity contribution >= 4 is 15.7 Å². The molecule has 6 heteroatoms. The fourth-order valence-corrected chi connectivity index (χ4v) is 3.28. The number of hydrogen-bond acceptors (Lipinski definition) is 4. The summed E-state index contributed by atoms with van der Waals surface area (Å²) in [5.74, 6) is 0.868. The van der Waals surface area contributed by atoms with Crippen LogP contribution < -0.4 is 4.72 Å². The van der Waals surface area contributed by atoms with E-state index in [-0.39, 0.29) is 23.0 Å². The van der Waals surface area contributed by atoms with Gasteiger partial charge in [0.15, 0.2) is 0 Å². The highest BCUT2D eigenvalue weighted by Crippen LogP contribution is 2.24. The molecule has 0 bridgehead atoms. The smallest absolute Gasteiger partial charge is 0.265 e. The number of hydrogen-bond donors (Lipinski definition) is 2. The van der Waals surface area contributed by atoms with Crippen LogP contribution in [-0.2, 0) is 16.6 Å². The van der Waals surface area contributed by atoms with Crippen molar-refractivity contribution in [1.29, 1.82) is 0 Å². The second kappa shape index (κ2) is 5.91. The zero-order valence-electron chi connectivity index (χ0n) is 12.3. The molecule has 1 aromatic heterocycles. The van der Waals surface area contributed by atoms with E-state index in [0.29, 0.717) is 11.6 Å². The minimum atomic E-state index is -3.72. The summed E-state index contributed by atoms with van der Waals surface area (Å²) in [7, 11) is -3.72. The van der Waals surface area contributed by atoms with E-state index in [1.807, 2.05) is 12.1 Å². The molecule has 21 heavy (non-hydrogen) atoms. The third-order valence-corrected chi connectivity index (χ3v) is 4.69. The van der Waals surface area contributed by atoms with Gasteiger partial charge in [-0.2, -0.15) is 0 Å². The van der Waals surface area contributed by atoms with E-state index in [9.17, 15) is 8.42 Å². The predicted molar refractivity (Wildman–Crippen MR) is 80.7 cm³/mol. The highest BCUT2D eigenvalue weighted by atomic mass is 32.2. The minimum absolute atomic E-state index is 0.0412. The fourth-order valence-electron chi connectivity index (χ4n) is 2.02. The predicted octanol–water partition coefficient (Wildman–Crippen LogP) is 3.00. The first-order valence-corrected chi connectivity index (χ1v) is 8.14. The monoisotopic (exact) mass is 309 g/mol. The lowest BCUT2D eigenvalue weighted by Gasteiger charge is -2.09. The molecule has 0 amide bonds. The highest BCUT2D eigenvalue weighted by molar-refractivity contribution is 7.92. The number of aryl methyl sites for hydroxylation is 1. The Morgan fingerprint density at radius 1 is 1.24 bits per heavy atom. The van der Waals surface area contributed by atoms with Gasteiger partial charge in [0, 0.05) is 11.8 Å². The molecular weight excluding hydrogens is 290 g/mol. The zero-order chi connectivity index (χ0) is 15.6. The molecule has 0 fully saturated rings. The van der Waals surface area contributed by atoms with Crippen molar-refractivity contribution in [2.45, 2.75) is 38.2 Å². The van der Waals surface area contributed by atoms with E-state index >= 15 is 0 Å². The molecule has 0 aliphatic carbocycles. The van der Waals surface area contributed by atoms with Crippen molar-refractivity contribution in [2.24, 2.45) is 0 Å². The summed E-state index contributed by atoms with van der Waals surface area (Å²) in [5, 5.41) is 9.00. The molecule has 0 unspecified atom stereocenters. The quantitative estimate of drug-likeness (QED) is 0.890. The van der Waals surface area contributed by atoms with Crippen LogP contribution in [0.2, 0.25) is 0 Å². The molecule has 2 N–H and O–H groups in total. The van der Waals surface area contributed by atoms with Gasteiger partial charge in [-0.05, 0) is 30.5 Å². The van der Waals surface area contributed by atoms with Crippen LogP contribution in [0, 0.1) is 6.92 Å². The van der Waals surface area contributed by atoms with Crippen LogP contribution in [0.15, 0.2) is 39.6 Å². The van der Waals surface area contributed by atoms with Crippen LogP contribution >= 0.6 is 0 Å². The summed E-state index contributed by atoms with van der Waals surface area (Å²) >= 11 is 0. The van der Waals surface area contributed by atoms with Crippen LogP contribution in [0.3, 0.4) is 0 Å². The topological polar surface area (TPSA) is 79.5 Å². The molecule has 0 radical (unpaired) electrons. The second-order valence-corrected chi connectivity index (χ2v) is 6.82. The summed E-state index contributed by atoms with van der Waals surface area (Å²) in [6, 6.07) is 8.58. The summed E-state index contributed by atoms with van der Waals surface area (Å²) < 4.78 is 32.3. The molecule has 1 aromatic carbocycles. The first-order valence-electron chi connectivity index (χ1n) is 6.66. The number of aliphatic hydroxyl groups excluding tert-OH is 1. The van der Waals surface area contributed by atoms with Crippen molar-refractivity contribution in [1.82, 2.24) is 0 Å². The second-order valence-electron chi connectivity index (χ2n) is 5.17. The molecule has 0 spiro atoms. The van der Waals surface area contributed by atoms with E-state index in [0.717, 1.165) is 5.56 Å². The summed E-state index contributed by atoms with van der Waals surface area (Å²) in [6.45, 7) is 5.36. The molecule has 0 aliphatic rings. The SMILES string of the molecule is Cc1oc(CO)cc1S(=O)(=O)Nc1ccc(C(C)C)cc1. The number of anilines is 1. The molecule has 1 heterocycles. The third-order valence-electron chi connectivity index (χ3n) is 3.20. The van der Waals surface area contributed by atoms with Gasteiger partial charge in [-0.3, -0.25) is 4.72 Å². The van der Waals surface area contributed by atoms with Crippen LogP contribution in [0.4, 0.5) is 5.69 Å². The van der Waals surface area contributed by atoms with E-state index < -0.39 is 10.0 Å². The van der Waals surface area contributed by atoms with Gasteiger partial charge in [-0.25, -0.2) is 8.42 Å². The van der Waals surface area contributed by atoms with Gasteiger partial charge in [0.05, 0.1) is 0 Å². The van der Waals surface area contributed by atoms with Gasteiger partial charge in [0.2, 0.25) is 0 Å². The van der Waals surface area contributed by atoms with Gasteiger partial charge in [0.1, 0.15) is 23.0 Å². The van der Waals surface area contributed by atoms with Crippen molar-refractivity contribution in [3.05, 3.63) is 47.4 Å². The molecule has 0 saturated carbocycles. The van der Waals surface area contributed by atoms with E-state index in [1.165, 1.54) is 6.07 Å². The van der Waals surface area contributed by atoms with Crippen LogP contribution in [0.25, 0.3) is 0 Å². The molecule has 114 valence electrons. The lowest BCUT2D eigenvalue weighted by molar-refractivity contribution is 0.245. The average Bonchev–Trinajstić information content (AvgIpc) is 2.81. The lowest BCUT2D eigenvalue weighted by atomic mass is 10.0. The summed E-state index contributed by atoms with van der Waals surface area (Å²) in [6.07, 6.45) is 0. The molecular formula is C15H19NO4S. The molecule has 0 aliphatic heterocycles. The molecule has 2 rings (SSSR count). The highest BCUT2D eigenvalue weighted by Gasteiger charge is 2.21. The van der Waals surface area contributed by atoms with E-state index in [4.69, 9.17) is 9.52 Å². The third kappa shape index (κ3) is 3.46. The maximum atomic E-state index is 12.3. The number of aliphatic hydroxyl groups is 1. The van der Waals surface area contributed by atoms with Crippen LogP contribution in [0.5, 0.6) is 0 Å². The number of nitrogens with one attached hydrogen (secondary N) is 1. The summed E-state index contributed by atoms with van der Waals surface area (Å²) in [5.41, 5.74) is 1.63. The Morgan fingerprint density at radius 2 is 1.86 bits per heavy atom. The Bertz CT molecular complexity index is 715. The Balaban J connectivity index is 2.26. The first-order chi connectivity index (χ1) is 9.83. The molecule has 2 aromatic rings. The number of rotatable bonds is 5.